The third kappa shape index (κ3) is 2.66. The Morgan fingerprint density at radius 2 is 2.11 bits per heavy atom. The number of rotatable bonds is 1. The highest BCUT2D eigenvalue weighted by Gasteiger charge is 2.56. The maximum atomic E-state index is 11.6. The number of esters is 1. The number of ether oxygens (including phenoxy) is 3. The molecule has 1 heterocycles. The molecule has 0 bridgehead atoms. The predicted octanol–water partition coefficient (Wildman–Crippen LogP) is 4.54. The van der Waals surface area contributed by atoms with E-state index in [0.29, 0.717) is 30.3 Å². The lowest BCUT2D eigenvalue weighted by atomic mass is 9.55. The van der Waals surface area contributed by atoms with Gasteiger partial charge in [-0.25, -0.2) is 4.99 Å². The lowest BCUT2D eigenvalue weighted by Crippen LogP contribution is -2.45. The first-order valence-electron chi connectivity index (χ1n) is 10.6. The number of aryl methyl sites for hydroxylation is 1. The van der Waals surface area contributed by atoms with E-state index in [4.69, 9.17) is 14.2 Å². The average Bonchev–Trinajstić information content (AvgIpc) is 3.01. The fraction of sp³-hybridized carbons (Fsp3) is 0.652. The minimum Gasteiger partial charge on any atom is -0.482 e. The van der Waals surface area contributed by atoms with Crippen molar-refractivity contribution >= 4 is 17.6 Å². The quantitative estimate of drug-likeness (QED) is 0.668. The molecule has 0 N–H and O–H groups in total. The summed E-state index contributed by atoms with van der Waals surface area (Å²) in [4.78, 5) is 16.2. The summed E-state index contributed by atoms with van der Waals surface area (Å²) >= 11 is 0. The van der Waals surface area contributed by atoms with Crippen LogP contribution in [-0.2, 0) is 20.7 Å². The molecular formula is C23H29NO4. The van der Waals surface area contributed by atoms with Crippen LogP contribution in [0, 0.1) is 17.3 Å². The van der Waals surface area contributed by atoms with Crippen LogP contribution in [-0.4, -0.2) is 31.7 Å². The summed E-state index contributed by atoms with van der Waals surface area (Å²) in [5.41, 5.74) is 3.91. The molecule has 0 aromatic heterocycles. The van der Waals surface area contributed by atoms with E-state index in [1.54, 1.807) is 14.0 Å². The van der Waals surface area contributed by atoms with Crippen molar-refractivity contribution in [3.05, 3.63) is 23.3 Å². The van der Waals surface area contributed by atoms with E-state index < -0.39 is 0 Å². The second-order valence-electron chi connectivity index (χ2n) is 9.15. The molecule has 3 aliphatic carbocycles. The van der Waals surface area contributed by atoms with Crippen LogP contribution >= 0.6 is 0 Å². The zero-order valence-corrected chi connectivity index (χ0v) is 17.0. The van der Waals surface area contributed by atoms with E-state index in [1.165, 1.54) is 24.0 Å². The molecule has 150 valence electrons. The number of aliphatic imine (C=N–C) groups is 1. The zero-order chi connectivity index (χ0) is 19.5. The molecule has 5 nitrogen and oxygen atoms in total. The third-order valence-corrected chi connectivity index (χ3v) is 7.86. The maximum Gasteiger partial charge on any atom is 0.302 e. The number of hydrogen-bond donors (Lipinski definition) is 0. The SMILES string of the molecule is COC1=Nc2cc3c(cc2OC1)CC[C@@H]1[C@@H]3CC[C@]2(C)[C@@H](OC(C)=O)CC[C@@H]12. The van der Waals surface area contributed by atoms with E-state index in [-0.39, 0.29) is 17.5 Å². The number of carbonyl (C=O) groups excluding carboxylic acids is 1. The molecule has 0 amide bonds. The summed E-state index contributed by atoms with van der Waals surface area (Å²) in [6.45, 7) is 4.31. The zero-order valence-electron chi connectivity index (χ0n) is 17.0. The van der Waals surface area contributed by atoms with Crippen LogP contribution in [0.2, 0.25) is 0 Å². The summed E-state index contributed by atoms with van der Waals surface area (Å²) in [6, 6.07) is 4.46. The minimum atomic E-state index is -0.138. The fourth-order valence-electron chi connectivity index (χ4n) is 6.55. The largest absolute Gasteiger partial charge is 0.482 e. The molecular weight excluding hydrogens is 354 g/mol. The lowest BCUT2D eigenvalue weighted by molar-refractivity contribution is -0.154. The Balaban J connectivity index is 1.47. The number of fused-ring (bicyclic) bond motifs is 6. The molecule has 1 aliphatic heterocycles. The number of benzene rings is 1. The Bertz CT molecular complexity index is 847. The van der Waals surface area contributed by atoms with E-state index >= 15 is 0 Å². The van der Waals surface area contributed by atoms with Crippen molar-refractivity contribution in [3.63, 3.8) is 0 Å². The van der Waals surface area contributed by atoms with Crippen LogP contribution in [0.4, 0.5) is 5.69 Å². The number of nitrogens with zero attached hydrogens (tertiary/aromatic N) is 1. The summed E-state index contributed by atoms with van der Waals surface area (Å²) in [5, 5.41) is 0. The van der Waals surface area contributed by atoms with Crippen LogP contribution in [0.15, 0.2) is 17.1 Å². The van der Waals surface area contributed by atoms with Gasteiger partial charge in [-0.05, 0) is 79.5 Å². The van der Waals surface area contributed by atoms with Gasteiger partial charge < -0.3 is 14.2 Å². The van der Waals surface area contributed by atoms with Gasteiger partial charge in [0.05, 0.1) is 7.11 Å². The molecule has 0 radical (unpaired) electrons. The van der Waals surface area contributed by atoms with Gasteiger partial charge in [0.25, 0.3) is 0 Å². The van der Waals surface area contributed by atoms with Gasteiger partial charge in [-0.15, -0.1) is 0 Å². The van der Waals surface area contributed by atoms with Crippen molar-refractivity contribution in [2.24, 2.45) is 22.2 Å². The number of hydrogen-bond acceptors (Lipinski definition) is 5. The molecule has 4 aliphatic rings. The second kappa shape index (κ2) is 6.50. The molecule has 0 spiro atoms. The highest BCUT2D eigenvalue weighted by molar-refractivity contribution is 5.84. The first-order valence-corrected chi connectivity index (χ1v) is 10.6. The van der Waals surface area contributed by atoms with Gasteiger partial charge in [-0.2, -0.15) is 0 Å². The van der Waals surface area contributed by atoms with Crippen molar-refractivity contribution < 1.29 is 19.0 Å². The lowest BCUT2D eigenvalue weighted by Gasteiger charge is -2.50. The Hall–Kier alpha value is -2.04. The Morgan fingerprint density at radius 1 is 1.25 bits per heavy atom. The molecule has 5 heteroatoms. The van der Waals surface area contributed by atoms with E-state index in [1.807, 2.05) is 0 Å². The van der Waals surface area contributed by atoms with Crippen LogP contribution in [0.1, 0.15) is 63.0 Å². The van der Waals surface area contributed by atoms with Crippen molar-refractivity contribution in [1.82, 2.24) is 0 Å². The summed E-state index contributed by atoms with van der Waals surface area (Å²) in [6.07, 6.45) is 6.86. The molecule has 28 heavy (non-hydrogen) atoms. The number of methoxy groups -OCH3 is 1. The normalized spacial score (nSPS) is 35.5. The molecule has 2 saturated carbocycles. The topological polar surface area (TPSA) is 57.1 Å². The monoisotopic (exact) mass is 383 g/mol. The van der Waals surface area contributed by atoms with Gasteiger partial charge in [-0.3, -0.25) is 4.79 Å². The van der Waals surface area contributed by atoms with E-state index in [2.05, 4.69) is 24.0 Å². The molecule has 2 fully saturated rings. The van der Waals surface area contributed by atoms with Crippen LogP contribution < -0.4 is 4.74 Å². The second-order valence-corrected chi connectivity index (χ2v) is 9.15. The molecule has 0 saturated heterocycles. The highest BCUT2D eigenvalue weighted by Crippen LogP contribution is 2.62. The van der Waals surface area contributed by atoms with E-state index in [0.717, 1.165) is 37.1 Å². The Morgan fingerprint density at radius 3 is 2.89 bits per heavy atom. The first kappa shape index (κ1) is 18.0. The molecule has 5 atom stereocenters. The third-order valence-electron chi connectivity index (χ3n) is 7.86. The van der Waals surface area contributed by atoms with Crippen LogP contribution in [0.25, 0.3) is 0 Å². The fourth-order valence-corrected chi connectivity index (χ4v) is 6.55. The Kier molecular flexibility index (Phi) is 4.18. The van der Waals surface area contributed by atoms with Crippen LogP contribution in [0.3, 0.4) is 0 Å². The van der Waals surface area contributed by atoms with Crippen molar-refractivity contribution in [2.45, 2.75) is 64.4 Å². The van der Waals surface area contributed by atoms with Gasteiger partial charge in [-0.1, -0.05) is 6.92 Å². The standard InChI is InChI=1S/C23H29NO4/c1-13(25)28-21-7-6-18-16-5-4-14-10-20-19(24-22(26-3)12-27-20)11-17(14)15(16)8-9-23(18,21)2/h10-11,15-16,18,21H,4-9,12H2,1-3H3/t15-,16+,18-,21-,23-/m0/s1. The summed E-state index contributed by atoms with van der Waals surface area (Å²) < 4.78 is 16.9. The summed E-state index contributed by atoms with van der Waals surface area (Å²) in [7, 11) is 1.64. The first-order chi connectivity index (χ1) is 13.5. The molecule has 0 unspecified atom stereocenters. The van der Waals surface area contributed by atoms with Crippen molar-refractivity contribution in [2.75, 3.05) is 13.7 Å². The highest BCUT2D eigenvalue weighted by atomic mass is 16.5. The Labute approximate surface area is 166 Å². The minimum absolute atomic E-state index is 0.0862. The number of carbonyl (C=O) groups is 1. The smallest absolute Gasteiger partial charge is 0.302 e. The molecule has 1 aromatic carbocycles. The van der Waals surface area contributed by atoms with Crippen molar-refractivity contribution in [3.8, 4) is 5.75 Å². The van der Waals surface area contributed by atoms with Gasteiger partial charge >= 0.3 is 5.97 Å². The van der Waals surface area contributed by atoms with Gasteiger partial charge in [0.1, 0.15) is 17.5 Å². The predicted molar refractivity (Wildman–Crippen MR) is 106 cm³/mol. The molecule has 1 aromatic rings. The van der Waals surface area contributed by atoms with E-state index in [9.17, 15) is 4.79 Å². The van der Waals surface area contributed by atoms with Gasteiger partial charge in [0.15, 0.2) is 6.61 Å². The molecule has 5 rings (SSSR count). The van der Waals surface area contributed by atoms with Crippen molar-refractivity contribution in [1.29, 1.82) is 0 Å². The van der Waals surface area contributed by atoms with Crippen LogP contribution in [0.5, 0.6) is 5.75 Å². The van der Waals surface area contributed by atoms with Gasteiger partial charge in [0, 0.05) is 12.3 Å². The van der Waals surface area contributed by atoms with Gasteiger partial charge in [0.2, 0.25) is 5.90 Å². The maximum absolute atomic E-state index is 11.6. The average molecular weight is 383 g/mol. The summed E-state index contributed by atoms with van der Waals surface area (Å²) in [5.74, 6) is 3.26.